The SMILES string of the molecule is C1=CCC23CC=CCC2(C1)N3. The van der Waals surface area contributed by atoms with Gasteiger partial charge < -0.3 is 5.32 Å². The summed E-state index contributed by atoms with van der Waals surface area (Å²) in [6.07, 6.45) is 14.3. The van der Waals surface area contributed by atoms with Gasteiger partial charge in [-0.2, -0.15) is 0 Å². The Bertz CT molecular complexity index is 208. The van der Waals surface area contributed by atoms with Gasteiger partial charge in [0, 0.05) is 11.1 Å². The lowest BCUT2D eigenvalue weighted by Gasteiger charge is -2.25. The van der Waals surface area contributed by atoms with Gasteiger partial charge in [-0.3, -0.25) is 0 Å². The first kappa shape index (κ1) is 6.01. The minimum atomic E-state index is 0.497. The van der Waals surface area contributed by atoms with Gasteiger partial charge in [0.15, 0.2) is 0 Å². The Hall–Kier alpha value is -0.560. The highest BCUT2D eigenvalue weighted by molar-refractivity contribution is 5.37. The molecule has 0 aromatic rings. The van der Waals surface area contributed by atoms with Crippen molar-refractivity contribution in [3.63, 3.8) is 0 Å². The topological polar surface area (TPSA) is 21.9 Å². The van der Waals surface area contributed by atoms with Gasteiger partial charge in [-0.15, -0.1) is 0 Å². The van der Waals surface area contributed by atoms with Gasteiger partial charge >= 0.3 is 0 Å². The van der Waals surface area contributed by atoms with Crippen LogP contribution in [0.3, 0.4) is 0 Å². The Morgan fingerprint density at radius 1 is 0.727 bits per heavy atom. The first-order valence-electron chi connectivity index (χ1n) is 4.46. The molecule has 1 aliphatic heterocycles. The predicted molar refractivity (Wildman–Crippen MR) is 45.3 cm³/mol. The highest BCUT2D eigenvalue weighted by Crippen LogP contribution is 2.54. The van der Waals surface area contributed by atoms with Crippen molar-refractivity contribution in [3.05, 3.63) is 24.3 Å². The average molecular weight is 147 g/mol. The number of hydrogen-bond acceptors (Lipinski definition) is 1. The lowest BCUT2D eigenvalue weighted by molar-refractivity contribution is 0.479. The molecule has 1 nitrogen and oxygen atoms in total. The molecule has 1 heterocycles. The van der Waals surface area contributed by atoms with Crippen LogP contribution in [0.4, 0.5) is 0 Å². The lowest BCUT2D eigenvalue weighted by Crippen LogP contribution is -2.28. The van der Waals surface area contributed by atoms with Gasteiger partial charge in [0.25, 0.3) is 0 Å². The summed E-state index contributed by atoms with van der Waals surface area (Å²) in [5.41, 5.74) is 0.993. The van der Waals surface area contributed by atoms with Crippen LogP contribution in [0.25, 0.3) is 0 Å². The second-order valence-electron chi connectivity index (χ2n) is 4.05. The molecule has 11 heavy (non-hydrogen) atoms. The average Bonchev–Trinajstić information content (AvgIpc) is 2.72. The molecular weight excluding hydrogens is 134 g/mol. The van der Waals surface area contributed by atoms with Crippen LogP contribution in [0.5, 0.6) is 0 Å². The van der Waals surface area contributed by atoms with Gasteiger partial charge in [-0.05, 0) is 25.7 Å². The molecule has 0 radical (unpaired) electrons. The highest BCUT2D eigenvalue weighted by Gasteiger charge is 2.65. The van der Waals surface area contributed by atoms with E-state index in [1.807, 2.05) is 0 Å². The fraction of sp³-hybridized carbons (Fsp3) is 0.600. The van der Waals surface area contributed by atoms with E-state index in [-0.39, 0.29) is 0 Å². The number of hydrogen-bond donors (Lipinski definition) is 1. The second-order valence-corrected chi connectivity index (χ2v) is 4.05. The largest absolute Gasteiger partial charge is 0.301 e. The van der Waals surface area contributed by atoms with E-state index in [2.05, 4.69) is 29.6 Å². The Labute approximate surface area is 67.2 Å². The molecule has 0 atom stereocenters. The summed E-state index contributed by atoms with van der Waals surface area (Å²) in [4.78, 5) is 0. The number of rotatable bonds is 0. The molecule has 58 valence electrons. The maximum atomic E-state index is 3.69. The zero-order chi connectivity index (χ0) is 7.36. The zero-order valence-corrected chi connectivity index (χ0v) is 6.64. The van der Waals surface area contributed by atoms with Crippen molar-refractivity contribution >= 4 is 0 Å². The van der Waals surface area contributed by atoms with E-state index in [9.17, 15) is 0 Å². The van der Waals surface area contributed by atoms with Crippen molar-refractivity contribution in [3.8, 4) is 0 Å². The first-order valence-corrected chi connectivity index (χ1v) is 4.46. The molecular formula is C10H13N. The molecule has 0 unspecified atom stereocenters. The summed E-state index contributed by atoms with van der Waals surface area (Å²) in [5, 5.41) is 3.69. The normalized spacial score (nSPS) is 51.6. The fourth-order valence-electron chi connectivity index (χ4n) is 2.72. The van der Waals surface area contributed by atoms with Crippen LogP contribution in [0.2, 0.25) is 0 Å². The molecule has 0 spiro atoms. The van der Waals surface area contributed by atoms with Gasteiger partial charge in [-0.25, -0.2) is 0 Å². The minimum Gasteiger partial charge on any atom is -0.301 e. The van der Waals surface area contributed by atoms with Gasteiger partial charge in [-0.1, -0.05) is 24.3 Å². The van der Waals surface area contributed by atoms with E-state index in [1.165, 1.54) is 25.7 Å². The molecule has 2 aliphatic carbocycles. The molecule has 0 amide bonds. The monoisotopic (exact) mass is 147 g/mol. The summed E-state index contributed by atoms with van der Waals surface area (Å²) in [7, 11) is 0. The van der Waals surface area contributed by atoms with E-state index < -0.39 is 0 Å². The van der Waals surface area contributed by atoms with Crippen LogP contribution in [0.15, 0.2) is 24.3 Å². The molecule has 1 heteroatoms. The predicted octanol–water partition coefficient (Wildman–Crippen LogP) is 1.77. The van der Waals surface area contributed by atoms with Gasteiger partial charge in [0.05, 0.1) is 0 Å². The molecule has 0 aromatic carbocycles. The van der Waals surface area contributed by atoms with Crippen LogP contribution in [0, 0.1) is 0 Å². The Morgan fingerprint density at radius 3 is 1.45 bits per heavy atom. The van der Waals surface area contributed by atoms with E-state index in [1.54, 1.807) is 0 Å². The maximum Gasteiger partial charge on any atom is 0.0444 e. The summed E-state index contributed by atoms with van der Waals surface area (Å²) in [5.74, 6) is 0. The van der Waals surface area contributed by atoms with Gasteiger partial charge in [0.1, 0.15) is 0 Å². The summed E-state index contributed by atoms with van der Waals surface area (Å²) >= 11 is 0. The molecule has 1 fully saturated rings. The summed E-state index contributed by atoms with van der Waals surface area (Å²) in [6, 6.07) is 0. The standard InChI is InChI=1S/C10H13N/c1-2-6-10-8-4-3-7-9(10,5-1)11-10/h1-4,11H,5-8H2. The van der Waals surface area contributed by atoms with Crippen LogP contribution in [-0.2, 0) is 0 Å². The Kier molecular flexibility index (Phi) is 0.880. The molecule has 0 bridgehead atoms. The van der Waals surface area contributed by atoms with Crippen molar-refractivity contribution in [2.75, 3.05) is 0 Å². The smallest absolute Gasteiger partial charge is 0.0444 e. The maximum absolute atomic E-state index is 3.69. The van der Waals surface area contributed by atoms with Crippen LogP contribution in [0.1, 0.15) is 25.7 Å². The first-order chi connectivity index (χ1) is 5.37. The molecule has 0 aromatic heterocycles. The molecule has 3 aliphatic rings. The van der Waals surface area contributed by atoms with E-state index in [0.29, 0.717) is 11.1 Å². The van der Waals surface area contributed by atoms with Crippen LogP contribution in [-0.4, -0.2) is 11.1 Å². The Morgan fingerprint density at radius 2 is 1.09 bits per heavy atom. The third kappa shape index (κ3) is 0.564. The van der Waals surface area contributed by atoms with E-state index >= 15 is 0 Å². The highest BCUT2D eigenvalue weighted by atomic mass is 15.3. The molecule has 0 saturated carbocycles. The zero-order valence-electron chi connectivity index (χ0n) is 6.64. The third-order valence-corrected chi connectivity index (χ3v) is 3.53. The van der Waals surface area contributed by atoms with E-state index in [0.717, 1.165) is 0 Å². The van der Waals surface area contributed by atoms with E-state index in [4.69, 9.17) is 0 Å². The third-order valence-electron chi connectivity index (χ3n) is 3.53. The second kappa shape index (κ2) is 1.61. The van der Waals surface area contributed by atoms with Crippen molar-refractivity contribution in [2.24, 2.45) is 0 Å². The molecule has 1 saturated heterocycles. The number of nitrogens with one attached hydrogen (secondary N) is 1. The quantitative estimate of drug-likeness (QED) is 0.409. The van der Waals surface area contributed by atoms with Crippen molar-refractivity contribution < 1.29 is 0 Å². The lowest BCUT2D eigenvalue weighted by atomic mass is 9.76. The Balaban J connectivity index is 2.02. The summed E-state index contributed by atoms with van der Waals surface area (Å²) in [6.45, 7) is 0. The molecule has 3 rings (SSSR count). The summed E-state index contributed by atoms with van der Waals surface area (Å²) < 4.78 is 0. The van der Waals surface area contributed by atoms with Crippen LogP contribution >= 0.6 is 0 Å². The van der Waals surface area contributed by atoms with Crippen LogP contribution < -0.4 is 5.32 Å². The van der Waals surface area contributed by atoms with Gasteiger partial charge in [0.2, 0.25) is 0 Å². The van der Waals surface area contributed by atoms with Crippen molar-refractivity contribution in [2.45, 2.75) is 36.8 Å². The minimum absolute atomic E-state index is 0.497. The van der Waals surface area contributed by atoms with Crippen molar-refractivity contribution in [1.29, 1.82) is 0 Å². The molecule has 1 N–H and O–H groups in total. The van der Waals surface area contributed by atoms with Crippen molar-refractivity contribution in [1.82, 2.24) is 5.32 Å². The fourth-order valence-corrected chi connectivity index (χ4v) is 2.72.